The zero-order chi connectivity index (χ0) is 26.3. The maximum Gasteiger partial charge on any atom is 0.306 e. The van der Waals surface area contributed by atoms with Gasteiger partial charge < -0.3 is 24.8 Å². The van der Waals surface area contributed by atoms with E-state index in [1.54, 1.807) is 6.92 Å². The highest BCUT2D eigenvalue weighted by atomic mass is 19.2. The Labute approximate surface area is 204 Å². The van der Waals surface area contributed by atoms with E-state index in [9.17, 15) is 33.7 Å². The maximum atomic E-state index is 14.1. The Hall–Kier alpha value is -4.05. The van der Waals surface area contributed by atoms with Crippen LogP contribution < -0.4 is 0 Å². The second kappa shape index (κ2) is 9.54. The van der Waals surface area contributed by atoms with Crippen LogP contribution in [0.15, 0.2) is 30.5 Å². The summed E-state index contributed by atoms with van der Waals surface area (Å²) in [4.78, 5) is 28.8. The van der Waals surface area contributed by atoms with Crippen LogP contribution in [0.2, 0.25) is 0 Å². The van der Waals surface area contributed by atoms with Gasteiger partial charge in [0.2, 0.25) is 0 Å². The van der Waals surface area contributed by atoms with E-state index in [0.717, 1.165) is 19.2 Å². The molecule has 1 aromatic heterocycles. The summed E-state index contributed by atoms with van der Waals surface area (Å²) >= 11 is 0. The standard InChI is InChI=1S/C26H23F2NO7/c1-11-23(32)21-14(9-29-11)10-36-26(21)17-7-15(12(2)30)24(33)22(25(17)34)16(8-20(31)35-3)13-4-5-18(27)19(28)6-13/h4-7,9,16,26,32-34H,8,10H2,1-3H3/t16-,26-/m1/s1. The van der Waals surface area contributed by atoms with Gasteiger partial charge in [-0.25, -0.2) is 8.78 Å². The fraction of sp³-hybridized carbons (Fsp3) is 0.269. The lowest BCUT2D eigenvalue weighted by molar-refractivity contribution is -0.140. The normalized spacial score (nSPS) is 15.4. The molecule has 0 aliphatic carbocycles. The minimum absolute atomic E-state index is 0.0325. The number of phenols is 2. The van der Waals surface area contributed by atoms with Crippen molar-refractivity contribution in [1.82, 2.24) is 4.98 Å². The van der Waals surface area contributed by atoms with Crippen molar-refractivity contribution < 1.29 is 43.2 Å². The third-order valence-electron chi connectivity index (χ3n) is 6.32. The Morgan fingerprint density at radius 1 is 1.14 bits per heavy atom. The maximum absolute atomic E-state index is 14.1. The molecule has 0 spiro atoms. The van der Waals surface area contributed by atoms with Crippen LogP contribution in [0.5, 0.6) is 17.2 Å². The van der Waals surface area contributed by atoms with Crippen LogP contribution >= 0.6 is 0 Å². The van der Waals surface area contributed by atoms with Gasteiger partial charge >= 0.3 is 5.97 Å². The average Bonchev–Trinajstić information content (AvgIpc) is 3.27. The van der Waals surface area contributed by atoms with Crippen molar-refractivity contribution in [3.8, 4) is 17.2 Å². The second-order valence-electron chi connectivity index (χ2n) is 8.51. The summed E-state index contributed by atoms with van der Waals surface area (Å²) in [6.45, 7) is 2.84. The highest BCUT2D eigenvalue weighted by Gasteiger charge is 2.36. The van der Waals surface area contributed by atoms with E-state index in [2.05, 4.69) is 4.98 Å². The van der Waals surface area contributed by atoms with E-state index < -0.39 is 53.3 Å². The molecule has 188 valence electrons. The van der Waals surface area contributed by atoms with Gasteiger partial charge in [0, 0.05) is 34.4 Å². The van der Waals surface area contributed by atoms with Gasteiger partial charge in [-0.3, -0.25) is 14.6 Å². The molecule has 0 saturated carbocycles. The number of nitrogens with zero attached hydrogens (tertiary/aromatic N) is 1. The molecule has 1 aliphatic rings. The summed E-state index contributed by atoms with van der Waals surface area (Å²) < 4.78 is 38.3. The smallest absolute Gasteiger partial charge is 0.306 e. The molecule has 0 fully saturated rings. The molecule has 3 aromatic rings. The zero-order valence-electron chi connectivity index (χ0n) is 19.6. The van der Waals surface area contributed by atoms with Crippen molar-refractivity contribution in [1.29, 1.82) is 0 Å². The van der Waals surface area contributed by atoms with E-state index in [1.807, 2.05) is 0 Å². The van der Waals surface area contributed by atoms with Crippen LogP contribution in [0.3, 0.4) is 0 Å². The third-order valence-corrected chi connectivity index (χ3v) is 6.32. The van der Waals surface area contributed by atoms with Crippen molar-refractivity contribution in [2.75, 3.05) is 7.11 Å². The number of aromatic nitrogens is 1. The number of fused-ring (bicyclic) bond motifs is 1. The quantitative estimate of drug-likeness (QED) is 0.339. The second-order valence-corrected chi connectivity index (χ2v) is 8.51. The molecule has 1 aliphatic heterocycles. The van der Waals surface area contributed by atoms with Crippen molar-refractivity contribution in [2.24, 2.45) is 0 Å². The first kappa shape index (κ1) is 25.1. The summed E-state index contributed by atoms with van der Waals surface area (Å²) in [5, 5.41) is 33.1. The Morgan fingerprint density at radius 3 is 2.50 bits per heavy atom. The molecule has 3 N–H and O–H groups in total. The summed E-state index contributed by atoms with van der Waals surface area (Å²) in [6.07, 6.45) is 0.0125. The van der Waals surface area contributed by atoms with E-state index in [-0.39, 0.29) is 34.6 Å². The Bertz CT molecular complexity index is 1390. The summed E-state index contributed by atoms with van der Waals surface area (Å²) in [5.41, 5.74) is 0.834. The zero-order valence-corrected chi connectivity index (χ0v) is 19.6. The first-order chi connectivity index (χ1) is 17.0. The number of ether oxygens (including phenoxy) is 2. The number of halogens is 2. The van der Waals surface area contributed by atoms with Crippen molar-refractivity contribution in [3.05, 3.63) is 81.2 Å². The number of pyridine rings is 1. The number of phenolic OH excluding ortho intramolecular Hbond substituents is 2. The monoisotopic (exact) mass is 499 g/mol. The van der Waals surface area contributed by atoms with E-state index in [4.69, 9.17) is 9.47 Å². The predicted octanol–water partition coefficient (Wildman–Crippen LogP) is 4.30. The van der Waals surface area contributed by atoms with Gasteiger partial charge in [0.25, 0.3) is 0 Å². The fourth-order valence-electron chi connectivity index (χ4n) is 4.43. The van der Waals surface area contributed by atoms with E-state index in [1.165, 1.54) is 25.3 Å². The van der Waals surface area contributed by atoms with Crippen molar-refractivity contribution in [3.63, 3.8) is 0 Å². The van der Waals surface area contributed by atoms with E-state index >= 15 is 0 Å². The van der Waals surface area contributed by atoms with Gasteiger partial charge in [-0.05, 0) is 37.6 Å². The molecule has 0 saturated heterocycles. The topological polar surface area (TPSA) is 126 Å². The van der Waals surface area contributed by atoms with Gasteiger partial charge in [0.05, 0.1) is 31.4 Å². The number of Topliss-reactive ketones (excluding diaryl/α,β-unsaturated/α-hetero) is 1. The lowest BCUT2D eigenvalue weighted by atomic mass is 9.83. The summed E-state index contributed by atoms with van der Waals surface area (Å²) in [6, 6.07) is 4.13. The number of rotatable bonds is 6. The molecule has 0 amide bonds. The third kappa shape index (κ3) is 4.24. The molecular formula is C26H23F2NO7. The first-order valence-electron chi connectivity index (χ1n) is 10.9. The Kier molecular flexibility index (Phi) is 6.64. The fourth-order valence-corrected chi connectivity index (χ4v) is 4.43. The van der Waals surface area contributed by atoms with Gasteiger partial charge in [0.15, 0.2) is 17.4 Å². The van der Waals surface area contributed by atoms with Gasteiger partial charge in [-0.2, -0.15) is 0 Å². The van der Waals surface area contributed by atoms with Gasteiger partial charge in [0.1, 0.15) is 23.4 Å². The van der Waals surface area contributed by atoms with Crippen LogP contribution in [0, 0.1) is 18.6 Å². The minimum Gasteiger partial charge on any atom is -0.507 e. The number of esters is 1. The Balaban J connectivity index is 1.99. The number of benzene rings is 2. The van der Waals surface area contributed by atoms with Crippen LogP contribution in [0.25, 0.3) is 0 Å². The molecular weight excluding hydrogens is 476 g/mol. The number of aromatic hydroxyl groups is 3. The van der Waals surface area contributed by atoms with Crippen LogP contribution in [0.4, 0.5) is 8.78 Å². The molecule has 2 aromatic carbocycles. The van der Waals surface area contributed by atoms with Crippen molar-refractivity contribution in [2.45, 2.75) is 38.9 Å². The lowest BCUT2D eigenvalue weighted by Gasteiger charge is -2.24. The molecule has 2 atom stereocenters. The highest BCUT2D eigenvalue weighted by Crippen LogP contribution is 2.50. The first-order valence-corrected chi connectivity index (χ1v) is 10.9. The number of ketones is 1. The number of hydrogen-bond acceptors (Lipinski definition) is 8. The predicted molar refractivity (Wildman–Crippen MR) is 122 cm³/mol. The largest absolute Gasteiger partial charge is 0.507 e. The summed E-state index contributed by atoms with van der Waals surface area (Å²) in [7, 11) is 1.13. The van der Waals surface area contributed by atoms with Gasteiger partial charge in [-0.1, -0.05) is 6.07 Å². The summed E-state index contributed by atoms with van der Waals surface area (Å²) in [5.74, 6) is -6.20. The van der Waals surface area contributed by atoms with Crippen molar-refractivity contribution >= 4 is 11.8 Å². The number of hydrogen-bond donors (Lipinski definition) is 3. The average molecular weight is 499 g/mol. The van der Waals surface area contributed by atoms with Crippen LogP contribution in [-0.2, 0) is 20.9 Å². The van der Waals surface area contributed by atoms with Gasteiger partial charge in [-0.15, -0.1) is 0 Å². The van der Waals surface area contributed by atoms with Crippen LogP contribution in [-0.4, -0.2) is 39.2 Å². The minimum atomic E-state index is -1.22. The number of carbonyl (C=O) groups is 2. The molecule has 0 bridgehead atoms. The number of methoxy groups -OCH3 is 1. The SMILES string of the molecule is COC(=O)C[C@H](c1ccc(F)c(F)c1)c1c(O)c(C(C)=O)cc([C@H]2OCc3cnc(C)c(O)c32)c1O. The molecule has 10 heteroatoms. The highest BCUT2D eigenvalue weighted by molar-refractivity contribution is 5.98. The number of aryl methyl sites for hydroxylation is 1. The molecule has 4 rings (SSSR count). The van der Waals surface area contributed by atoms with Crippen LogP contribution in [0.1, 0.15) is 69.2 Å². The molecule has 0 unspecified atom stereocenters. The Morgan fingerprint density at radius 2 is 1.86 bits per heavy atom. The molecule has 36 heavy (non-hydrogen) atoms. The van der Waals surface area contributed by atoms with E-state index in [0.29, 0.717) is 16.8 Å². The molecule has 2 heterocycles. The number of carbonyl (C=O) groups excluding carboxylic acids is 2. The molecule has 0 radical (unpaired) electrons. The lowest BCUT2D eigenvalue weighted by Crippen LogP contribution is -2.14. The molecule has 8 nitrogen and oxygen atoms in total.